The highest BCUT2D eigenvalue weighted by Gasteiger charge is 2.40. The molecule has 0 amide bonds. The highest BCUT2D eigenvalue weighted by atomic mass is 127. The Labute approximate surface area is 127 Å². The summed E-state index contributed by atoms with van der Waals surface area (Å²) in [6.45, 7) is 0. The van der Waals surface area contributed by atoms with Gasteiger partial charge in [0.25, 0.3) is 0 Å². The zero-order valence-electron chi connectivity index (χ0n) is 10.9. The minimum atomic E-state index is 0.128. The van der Waals surface area contributed by atoms with Gasteiger partial charge in [0.15, 0.2) is 0 Å². The lowest BCUT2D eigenvalue weighted by molar-refractivity contribution is 0.342. The van der Waals surface area contributed by atoms with Crippen LogP contribution < -0.4 is 0 Å². The van der Waals surface area contributed by atoms with Crippen molar-refractivity contribution < 1.29 is 0 Å². The molecule has 0 saturated heterocycles. The Morgan fingerprint density at radius 2 is 2.00 bits per heavy atom. The topological polar surface area (TPSA) is 30.7 Å². The van der Waals surface area contributed by atoms with Crippen molar-refractivity contribution in [1.29, 1.82) is 0 Å². The summed E-state index contributed by atoms with van der Waals surface area (Å²) >= 11 is 2.66. The largest absolute Gasteiger partial charge is 0.248 e. The summed E-state index contributed by atoms with van der Waals surface area (Å²) in [5.41, 5.74) is 1.41. The van der Waals surface area contributed by atoms with E-state index in [0.717, 1.165) is 0 Å². The fourth-order valence-electron chi connectivity index (χ4n) is 3.06. The summed E-state index contributed by atoms with van der Waals surface area (Å²) in [4.78, 5) is 4.14. The highest BCUT2D eigenvalue weighted by molar-refractivity contribution is 14.1. The van der Waals surface area contributed by atoms with Crippen LogP contribution in [0.25, 0.3) is 0 Å². The highest BCUT2D eigenvalue weighted by Crippen LogP contribution is 2.50. The van der Waals surface area contributed by atoms with Gasteiger partial charge in [-0.2, -0.15) is 5.10 Å². The van der Waals surface area contributed by atoms with Gasteiger partial charge in [0, 0.05) is 0 Å². The number of aromatic nitrogens is 3. The van der Waals surface area contributed by atoms with Crippen LogP contribution in [0, 0.1) is 0 Å². The zero-order chi connectivity index (χ0) is 13.1. The molecule has 1 saturated carbocycles. The van der Waals surface area contributed by atoms with Gasteiger partial charge in [0.05, 0.1) is 9.46 Å². The number of nitrogens with zero attached hydrogens (tertiary/aromatic N) is 3. The number of alkyl halides is 1. The normalized spacial score (nSPS) is 27.9. The van der Waals surface area contributed by atoms with E-state index in [2.05, 4.69) is 67.7 Å². The van der Waals surface area contributed by atoms with E-state index in [9.17, 15) is 0 Å². The molecule has 0 radical (unpaired) electrons. The monoisotopic (exact) mass is 367 g/mol. The van der Waals surface area contributed by atoms with Crippen molar-refractivity contribution in [1.82, 2.24) is 14.8 Å². The number of halogens is 1. The van der Waals surface area contributed by atoms with E-state index in [1.165, 1.54) is 37.7 Å². The molecule has 0 aliphatic heterocycles. The number of hydrogen-bond acceptors (Lipinski definition) is 2. The molecule has 2 aromatic rings. The van der Waals surface area contributed by atoms with E-state index in [1.807, 2.05) is 6.33 Å². The first-order chi connectivity index (χ1) is 9.31. The maximum absolute atomic E-state index is 4.40. The van der Waals surface area contributed by atoms with Crippen LogP contribution >= 0.6 is 22.6 Å². The predicted octanol–water partition coefficient (Wildman–Crippen LogP) is 4.11. The van der Waals surface area contributed by atoms with Crippen molar-refractivity contribution in [2.45, 2.75) is 41.6 Å². The van der Waals surface area contributed by atoms with Crippen molar-refractivity contribution in [2.75, 3.05) is 0 Å². The van der Waals surface area contributed by atoms with Gasteiger partial charge in [-0.25, -0.2) is 9.67 Å². The second-order valence-electron chi connectivity index (χ2n) is 5.22. The molecular weight excluding hydrogens is 349 g/mol. The third-order valence-corrected chi connectivity index (χ3v) is 5.94. The summed E-state index contributed by atoms with van der Waals surface area (Å²) in [7, 11) is 0. The maximum Gasteiger partial charge on any atom is 0.137 e. The van der Waals surface area contributed by atoms with Crippen molar-refractivity contribution in [3.05, 3.63) is 48.5 Å². The van der Waals surface area contributed by atoms with Crippen LogP contribution in [-0.2, 0) is 3.42 Å². The van der Waals surface area contributed by atoms with Crippen molar-refractivity contribution >= 4 is 22.6 Å². The van der Waals surface area contributed by atoms with Gasteiger partial charge in [-0.15, -0.1) is 0 Å². The van der Waals surface area contributed by atoms with Gasteiger partial charge < -0.3 is 0 Å². The summed E-state index contributed by atoms with van der Waals surface area (Å²) < 4.78 is 2.19. The van der Waals surface area contributed by atoms with Crippen LogP contribution in [0.4, 0.5) is 0 Å². The number of rotatable bonds is 2. The van der Waals surface area contributed by atoms with Crippen LogP contribution in [0.5, 0.6) is 0 Å². The van der Waals surface area contributed by atoms with Crippen LogP contribution in [0.3, 0.4) is 0 Å². The fourth-order valence-corrected chi connectivity index (χ4v) is 4.40. The van der Waals surface area contributed by atoms with Gasteiger partial charge in [-0.1, -0.05) is 72.2 Å². The van der Waals surface area contributed by atoms with Crippen molar-refractivity contribution in [3.63, 3.8) is 0 Å². The Morgan fingerprint density at radius 3 is 2.74 bits per heavy atom. The van der Waals surface area contributed by atoms with Gasteiger partial charge in [-0.05, 0) is 18.4 Å². The molecule has 100 valence electrons. The van der Waals surface area contributed by atoms with Crippen LogP contribution in [0.15, 0.2) is 43.0 Å². The Bertz CT molecular complexity index is 511. The smallest absolute Gasteiger partial charge is 0.137 e. The predicted molar refractivity (Wildman–Crippen MR) is 84.3 cm³/mol. The Kier molecular flexibility index (Phi) is 3.86. The average Bonchev–Trinajstić information content (AvgIpc) is 2.90. The molecule has 1 aromatic carbocycles. The van der Waals surface area contributed by atoms with Gasteiger partial charge >= 0.3 is 0 Å². The summed E-state index contributed by atoms with van der Waals surface area (Å²) in [5, 5.41) is 4.40. The molecule has 1 aromatic heterocycles. The first kappa shape index (κ1) is 13.1. The summed E-state index contributed by atoms with van der Waals surface area (Å²) in [6.07, 6.45) is 9.80. The molecule has 3 rings (SSSR count). The second kappa shape index (κ2) is 5.61. The second-order valence-corrected chi connectivity index (χ2v) is 7.14. The van der Waals surface area contributed by atoms with Gasteiger partial charge in [0.2, 0.25) is 0 Å². The first-order valence-electron chi connectivity index (χ1n) is 6.89. The van der Waals surface area contributed by atoms with E-state index in [1.54, 1.807) is 6.33 Å². The van der Waals surface area contributed by atoms with E-state index in [0.29, 0.717) is 6.04 Å². The molecule has 19 heavy (non-hydrogen) atoms. The van der Waals surface area contributed by atoms with Crippen LogP contribution in [0.1, 0.15) is 43.7 Å². The molecule has 1 fully saturated rings. The molecule has 1 aliphatic rings. The molecule has 2 unspecified atom stereocenters. The quantitative estimate of drug-likeness (QED) is 0.454. The lowest BCUT2D eigenvalue weighted by Gasteiger charge is -2.35. The standard InChI is InChI=1S/C15H18IN3/c16-15(13-7-3-1-4-8-13)10-6-2-5-9-14(15)19-12-17-11-18-19/h1,3-4,7-8,11-12,14H,2,5-6,9-10H2. The SMILES string of the molecule is IC1(c2ccccc2)CCCCCC1n1cncn1. The molecular formula is C15H18IN3. The van der Waals surface area contributed by atoms with Gasteiger partial charge in [0.1, 0.15) is 12.7 Å². The van der Waals surface area contributed by atoms with E-state index in [-0.39, 0.29) is 3.42 Å². The third-order valence-electron chi connectivity index (χ3n) is 4.06. The van der Waals surface area contributed by atoms with E-state index in [4.69, 9.17) is 0 Å². The Hall–Kier alpha value is -0.910. The molecule has 3 nitrogen and oxygen atoms in total. The third kappa shape index (κ3) is 2.55. The molecule has 1 aliphatic carbocycles. The molecule has 0 spiro atoms. The van der Waals surface area contributed by atoms with Gasteiger partial charge in [-0.3, -0.25) is 0 Å². The van der Waals surface area contributed by atoms with E-state index >= 15 is 0 Å². The molecule has 0 N–H and O–H groups in total. The molecule has 2 atom stereocenters. The Morgan fingerprint density at radius 1 is 1.16 bits per heavy atom. The van der Waals surface area contributed by atoms with Crippen molar-refractivity contribution in [2.24, 2.45) is 0 Å². The zero-order valence-corrected chi connectivity index (χ0v) is 13.0. The molecule has 1 heterocycles. The fraction of sp³-hybridized carbons (Fsp3) is 0.467. The number of benzene rings is 1. The lowest BCUT2D eigenvalue weighted by Crippen LogP contribution is -2.30. The number of hydrogen-bond donors (Lipinski definition) is 0. The Balaban J connectivity index is 2.03. The van der Waals surface area contributed by atoms with Crippen molar-refractivity contribution in [3.8, 4) is 0 Å². The minimum Gasteiger partial charge on any atom is -0.248 e. The first-order valence-corrected chi connectivity index (χ1v) is 7.97. The molecule has 0 bridgehead atoms. The average molecular weight is 367 g/mol. The minimum absolute atomic E-state index is 0.128. The lowest BCUT2D eigenvalue weighted by atomic mass is 9.87. The van der Waals surface area contributed by atoms with Crippen LogP contribution in [-0.4, -0.2) is 14.8 Å². The molecule has 4 heteroatoms. The maximum atomic E-state index is 4.40. The van der Waals surface area contributed by atoms with E-state index < -0.39 is 0 Å². The summed E-state index contributed by atoms with van der Waals surface area (Å²) in [6, 6.07) is 11.3. The van der Waals surface area contributed by atoms with Crippen LogP contribution in [0.2, 0.25) is 0 Å². The summed E-state index contributed by atoms with van der Waals surface area (Å²) in [5.74, 6) is 0.